The monoisotopic (exact) mass is 515 g/mol. The van der Waals surface area contributed by atoms with Gasteiger partial charge in [0.1, 0.15) is 5.01 Å². The molecule has 1 atom stereocenters. The van der Waals surface area contributed by atoms with Crippen molar-refractivity contribution in [2.45, 2.75) is 5.92 Å². The molecule has 5 rings (SSSR count). The predicted octanol–water partition coefficient (Wildman–Crippen LogP) is 9.07. The van der Waals surface area contributed by atoms with E-state index >= 15 is 0 Å². The molecule has 0 saturated carbocycles. The molecule has 0 saturated heterocycles. The van der Waals surface area contributed by atoms with Crippen LogP contribution in [0.3, 0.4) is 0 Å². The van der Waals surface area contributed by atoms with E-state index in [-0.39, 0.29) is 5.92 Å². The summed E-state index contributed by atoms with van der Waals surface area (Å²) >= 11 is 11.5. The highest BCUT2D eigenvalue weighted by atomic mass is 79.9. The number of nitrogens with zero attached hydrogens (tertiary/aromatic N) is 1. The maximum Gasteiger partial charge on any atom is 0.124 e. The lowest BCUT2D eigenvalue weighted by atomic mass is 9.87. The minimum Gasteiger partial charge on any atom is -0.239 e. The van der Waals surface area contributed by atoms with Gasteiger partial charge >= 0.3 is 0 Å². The Morgan fingerprint density at radius 1 is 0.656 bits per heavy atom. The first kappa shape index (κ1) is 21.1. The summed E-state index contributed by atoms with van der Waals surface area (Å²) in [5, 5.41) is 1.75. The lowest BCUT2D eigenvalue weighted by Crippen LogP contribution is -2.05. The molecule has 0 fully saturated rings. The van der Waals surface area contributed by atoms with Gasteiger partial charge < -0.3 is 0 Å². The molecule has 32 heavy (non-hydrogen) atoms. The fourth-order valence-electron chi connectivity index (χ4n) is 3.85. The van der Waals surface area contributed by atoms with E-state index < -0.39 is 0 Å². The third-order valence-corrected chi connectivity index (χ3v) is 7.34. The molecule has 1 heterocycles. The lowest BCUT2D eigenvalue weighted by molar-refractivity contribution is 0.937. The number of benzene rings is 4. The summed E-state index contributed by atoms with van der Waals surface area (Å²) in [6.07, 6.45) is 0. The van der Waals surface area contributed by atoms with E-state index in [0.29, 0.717) is 0 Å². The third kappa shape index (κ3) is 4.42. The van der Waals surface area contributed by atoms with Crippen LogP contribution in [0.4, 0.5) is 0 Å². The third-order valence-electron chi connectivity index (χ3n) is 5.39. The van der Waals surface area contributed by atoms with Gasteiger partial charge in [0.2, 0.25) is 0 Å². The second-order valence-corrected chi connectivity index (χ2v) is 9.85. The summed E-state index contributed by atoms with van der Waals surface area (Å²) in [7, 11) is 0. The second-order valence-electron chi connectivity index (χ2n) is 7.50. The maximum absolute atomic E-state index is 6.22. The van der Waals surface area contributed by atoms with Crippen LogP contribution in [0.25, 0.3) is 21.0 Å². The molecule has 0 spiro atoms. The van der Waals surface area contributed by atoms with Gasteiger partial charge in [-0.3, -0.25) is 0 Å². The van der Waals surface area contributed by atoms with Crippen LogP contribution in [0.15, 0.2) is 114 Å². The SMILES string of the molecule is Clc1ccc(C(c2ccccc2)c2nc(-c3ccc(Br)cc3)sc2-c2ccccc2)cc1. The number of aromatic nitrogens is 1. The molecular weight excluding hydrogens is 498 g/mol. The molecule has 4 heteroatoms. The van der Waals surface area contributed by atoms with E-state index in [9.17, 15) is 0 Å². The Morgan fingerprint density at radius 3 is 1.91 bits per heavy atom. The van der Waals surface area contributed by atoms with Gasteiger partial charge in [-0.15, -0.1) is 11.3 Å². The quantitative estimate of drug-likeness (QED) is 0.227. The molecule has 156 valence electrons. The Labute approximate surface area is 205 Å². The Kier molecular flexibility index (Phi) is 6.22. The first-order valence-corrected chi connectivity index (χ1v) is 12.3. The normalized spacial score (nSPS) is 11.9. The topological polar surface area (TPSA) is 12.9 Å². The molecule has 0 aliphatic rings. The van der Waals surface area contributed by atoms with Gasteiger partial charge in [0.05, 0.1) is 16.5 Å². The summed E-state index contributed by atoms with van der Waals surface area (Å²) in [5.41, 5.74) is 5.74. The van der Waals surface area contributed by atoms with Crippen molar-refractivity contribution < 1.29 is 0 Å². The standard InChI is InChI=1S/C28H19BrClNS/c29-23-15-11-22(12-16-23)28-31-26(27(32-28)21-9-5-2-6-10-21)25(19-7-3-1-4-8-19)20-13-17-24(30)18-14-20/h1-18,25H. The van der Waals surface area contributed by atoms with Crippen molar-refractivity contribution >= 4 is 38.9 Å². The van der Waals surface area contributed by atoms with Crippen molar-refractivity contribution in [3.05, 3.63) is 136 Å². The van der Waals surface area contributed by atoms with Gasteiger partial charge in [-0.1, -0.05) is 112 Å². The van der Waals surface area contributed by atoms with Crippen LogP contribution < -0.4 is 0 Å². The van der Waals surface area contributed by atoms with Gasteiger partial charge in [0, 0.05) is 15.1 Å². The first-order valence-electron chi connectivity index (χ1n) is 10.3. The largest absolute Gasteiger partial charge is 0.239 e. The van der Waals surface area contributed by atoms with E-state index in [4.69, 9.17) is 16.6 Å². The van der Waals surface area contributed by atoms with Gasteiger partial charge in [-0.05, 0) is 41.0 Å². The minimum atomic E-state index is 0.00382. The number of halogens is 2. The molecular formula is C28H19BrClNS. The molecule has 0 amide bonds. The van der Waals surface area contributed by atoms with Gasteiger partial charge in [0.25, 0.3) is 0 Å². The molecule has 4 aromatic carbocycles. The molecule has 0 radical (unpaired) electrons. The molecule has 5 aromatic rings. The van der Waals surface area contributed by atoms with Crippen molar-refractivity contribution in [1.82, 2.24) is 4.98 Å². The highest BCUT2D eigenvalue weighted by Gasteiger charge is 2.25. The van der Waals surface area contributed by atoms with Crippen LogP contribution in [0.5, 0.6) is 0 Å². The maximum atomic E-state index is 6.22. The number of thiazole rings is 1. The smallest absolute Gasteiger partial charge is 0.124 e. The first-order chi connectivity index (χ1) is 15.7. The molecule has 1 aromatic heterocycles. The summed E-state index contributed by atoms with van der Waals surface area (Å²) in [6, 6.07) is 37.6. The van der Waals surface area contributed by atoms with Crippen LogP contribution in [0.2, 0.25) is 5.02 Å². The zero-order valence-electron chi connectivity index (χ0n) is 17.1. The Bertz CT molecular complexity index is 1310. The average molecular weight is 517 g/mol. The van der Waals surface area contributed by atoms with E-state index in [1.54, 1.807) is 11.3 Å². The van der Waals surface area contributed by atoms with Crippen LogP contribution in [0, 0.1) is 0 Å². The van der Waals surface area contributed by atoms with Gasteiger partial charge in [-0.2, -0.15) is 0 Å². The molecule has 1 unspecified atom stereocenters. The Morgan fingerprint density at radius 2 is 1.25 bits per heavy atom. The number of rotatable bonds is 5. The fraction of sp³-hybridized carbons (Fsp3) is 0.0357. The second kappa shape index (κ2) is 9.41. The zero-order valence-corrected chi connectivity index (χ0v) is 20.2. The molecule has 0 bridgehead atoms. The van der Waals surface area contributed by atoms with E-state index in [2.05, 4.69) is 107 Å². The van der Waals surface area contributed by atoms with Gasteiger partial charge in [0.15, 0.2) is 0 Å². The molecule has 0 aliphatic heterocycles. The Hall–Kier alpha value is -2.72. The van der Waals surface area contributed by atoms with Crippen molar-refractivity contribution in [3.63, 3.8) is 0 Å². The summed E-state index contributed by atoms with van der Waals surface area (Å²) < 4.78 is 1.06. The van der Waals surface area contributed by atoms with E-state index in [1.807, 2.05) is 18.2 Å². The number of hydrogen-bond acceptors (Lipinski definition) is 2. The van der Waals surface area contributed by atoms with E-state index in [0.717, 1.165) is 25.8 Å². The van der Waals surface area contributed by atoms with Crippen molar-refractivity contribution in [3.8, 4) is 21.0 Å². The summed E-state index contributed by atoms with van der Waals surface area (Å²) in [4.78, 5) is 6.42. The van der Waals surface area contributed by atoms with E-state index in [1.165, 1.54) is 21.6 Å². The summed E-state index contributed by atoms with van der Waals surface area (Å²) in [5.74, 6) is 0.00382. The van der Waals surface area contributed by atoms with Crippen LogP contribution in [0.1, 0.15) is 22.7 Å². The highest BCUT2D eigenvalue weighted by Crippen LogP contribution is 2.43. The highest BCUT2D eigenvalue weighted by molar-refractivity contribution is 9.10. The fourth-order valence-corrected chi connectivity index (χ4v) is 5.35. The number of hydrogen-bond donors (Lipinski definition) is 0. The lowest BCUT2D eigenvalue weighted by Gasteiger charge is -2.18. The predicted molar refractivity (Wildman–Crippen MR) is 140 cm³/mol. The average Bonchev–Trinajstić information content (AvgIpc) is 3.27. The molecule has 1 nitrogen and oxygen atoms in total. The van der Waals surface area contributed by atoms with Gasteiger partial charge in [-0.25, -0.2) is 4.98 Å². The minimum absolute atomic E-state index is 0.00382. The van der Waals surface area contributed by atoms with Crippen molar-refractivity contribution in [2.24, 2.45) is 0 Å². The summed E-state index contributed by atoms with van der Waals surface area (Å²) in [6.45, 7) is 0. The molecule has 0 aliphatic carbocycles. The zero-order chi connectivity index (χ0) is 21.9. The van der Waals surface area contributed by atoms with Crippen LogP contribution in [-0.4, -0.2) is 4.98 Å². The Balaban J connectivity index is 1.74. The van der Waals surface area contributed by atoms with Crippen LogP contribution >= 0.6 is 38.9 Å². The van der Waals surface area contributed by atoms with Crippen molar-refractivity contribution in [1.29, 1.82) is 0 Å². The molecule has 0 N–H and O–H groups in total. The van der Waals surface area contributed by atoms with Crippen molar-refractivity contribution in [2.75, 3.05) is 0 Å². The van der Waals surface area contributed by atoms with Crippen LogP contribution in [-0.2, 0) is 0 Å².